The summed E-state index contributed by atoms with van der Waals surface area (Å²) in [4.78, 5) is 101. The van der Waals surface area contributed by atoms with E-state index in [2.05, 4.69) is 0 Å². The van der Waals surface area contributed by atoms with Crippen LogP contribution in [0.25, 0.3) is 55.0 Å². The second-order valence-corrected chi connectivity index (χ2v) is 19.7. The van der Waals surface area contributed by atoms with Gasteiger partial charge >= 0.3 is 41.1 Å². The molecule has 0 unspecified atom stereocenters. The number of esters is 5. The second-order valence-electron chi connectivity index (χ2n) is 19.7. The highest BCUT2D eigenvalue weighted by molar-refractivity contribution is 6.22. The number of carbonyl (C=O) groups excluding carboxylic acids is 5. The van der Waals surface area contributed by atoms with Crippen molar-refractivity contribution in [2.24, 2.45) is 0 Å². The molecule has 2 aromatic heterocycles. The lowest BCUT2D eigenvalue weighted by Gasteiger charge is -2.40. The van der Waals surface area contributed by atoms with Crippen LogP contribution in [0, 0.1) is 0 Å². The maximum atomic E-state index is 15.1. The van der Waals surface area contributed by atoms with Gasteiger partial charge in [-0.25, -0.2) is 33.6 Å². The van der Waals surface area contributed by atoms with E-state index in [9.17, 15) is 121 Å². The van der Waals surface area contributed by atoms with Crippen molar-refractivity contribution in [3.05, 3.63) is 90.6 Å². The molecule has 0 fully saturated rings. The molecule has 13 rings (SSSR count). The van der Waals surface area contributed by atoms with Crippen LogP contribution in [0.3, 0.4) is 0 Å². The van der Waals surface area contributed by atoms with Gasteiger partial charge in [-0.2, -0.15) is 0 Å². The van der Waals surface area contributed by atoms with Gasteiger partial charge in [0, 0.05) is 50.7 Å². The summed E-state index contributed by atoms with van der Waals surface area (Å²) < 4.78 is 44.3. The van der Waals surface area contributed by atoms with Crippen molar-refractivity contribution in [2.75, 3.05) is 6.61 Å². The van der Waals surface area contributed by atoms with E-state index >= 15 is 9.59 Å². The first-order valence-corrected chi connectivity index (χ1v) is 24.7. The maximum Gasteiger partial charge on any atom is 0.344 e. The molecule has 0 saturated carbocycles. The Morgan fingerprint density at radius 2 is 0.854 bits per heavy atom. The summed E-state index contributed by atoms with van der Waals surface area (Å²) in [5, 5.41) is 208. The first kappa shape index (κ1) is 56.5. The Balaban J connectivity index is 1.08. The predicted molar refractivity (Wildman–Crippen MR) is 280 cm³/mol. The number of aliphatic hydroxyl groups excluding tert-OH is 1. The maximum absolute atomic E-state index is 15.1. The Kier molecular flexibility index (Phi) is 12.2. The van der Waals surface area contributed by atoms with Crippen LogP contribution in [0.2, 0.25) is 0 Å². The van der Waals surface area contributed by atoms with Gasteiger partial charge in [0.05, 0.1) is 33.0 Å². The molecule has 4 bridgehead atoms. The molecule has 0 amide bonds. The molecule has 0 spiro atoms. The number of rotatable bonds is 5. The van der Waals surface area contributed by atoms with Crippen molar-refractivity contribution >= 4 is 62.6 Å². The summed E-state index contributed by atoms with van der Waals surface area (Å²) in [7, 11) is 0. The molecule has 89 heavy (non-hydrogen) atoms. The van der Waals surface area contributed by atoms with Crippen molar-refractivity contribution < 1.29 is 158 Å². The van der Waals surface area contributed by atoms with Crippen LogP contribution in [0.15, 0.2) is 54.8 Å². The number of carbonyl (C=O) groups is 5. The van der Waals surface area contributed by atoms with Gasteiger partial charge in [0.15, 0.2) is 105 Å². The number of phenolic OH excluding ortho intramolecular Hbond substituents is 18. The Hall–Kier alpha value is -13.0. The predicted octanol–water partition coefficient (Wildman–Crippen LogP) is 3.05. The van der Waals surface area contributed by atoms with Crippen LogP contribution in [0.4, 0.5) is 0 Å². The number of benzene rings is 7. The van der Waals surface area contributed by atoms with Crippen molar-refractivity contribution in [3.63, 3.8) is 0 Å². The van der Waals surface area contributed by atoms with Gasteiger partial charge in [0.1, 0.15) is 18.3 Å². The molecule has 34 nitrogen and oxygen atoms in total. The van der Waals surface area contributed by atoms with E-state index in [1.807, 2.05) is 0 Å². The summed E-state index contributed by atoms with van der Waals surface area (Å²) in [6, 6.07) is 2.46. The zero-order valence-electron chi connectivity index (χ0n) is 43.2. The summed E-state index contributed by atoms with van der Waals surface area (Å²) >= 11 is 0. The van der Waals surface area contributed by atoms with Gasteiger partial charge in [-0.05, 0) is 24.3 Å². The SMILES string of the molecule is O=C(O[C@H]1COC(=O)c2cc(O)c(O)c(O)c2-c2c(cc(O)c(O)c2O)C(=O)O[C@H]1[C@@H]1OC(=O)c2cc(O)c(O)c(O)c2-c2c(O)c(O)c(O)c3c2C(=O)O[C@@H]1[C@H]3O)c1cc(O)c(O)c(O)c1Oc1cc2c(=O)oc3c(O)c(O)cc4c(=O)oc(c1O)c2c34. The second kappa shape index (κ2) is 19.3. The normalized spacial score (nSPS) is 18.1. The van der Waals surface area contributed by atoms with E-state index in [0.29, 0.717) is 18.2 Å². The molecular formula is C55H32O34. The number of cyclic esters (lactones) is 2. The van der Waals surface area contributed by atoms with E-state index in [1.165, 1.54) is 0 Å². The Bertz CT molecular complexity index is 4900. The van der Waals surface area contributed by atoms with Crippen molar-refractivity contribution in [1.29, 1.82) is 0 Å². The third-order valence-corrected chi connectivity index (χ3v) is 14.7. The highest BCUT2D eigenvalue weighted by Gasteiger charge is 2.55. The minimum atomic E-state index is -3.06. The lowest BCUT2D eigenvalue weighted by Crippen LogP contribution is -2.56. The van der Waals surface area contributed by atoms with Crippen LogP contribution in [-0.4, -0.2) is 158 Å². The Morgan fingerprint density at radius 3 is 1.40 bits per heavy atom. The summed E-state index contributed by atoms with van der Waals surface area (Å²) in [5.74, 6) is -38.8. The van der Waals surface area contributed by atoms with Gasteiger partial charge in [-0.3, -0.25) is 0 Å². The molecule has 4 aliphatic rings. The minimum absolute atomic E-state index is 0.236. The number of ether oxygens (including phenoxy) is 6. The smallest absolute Gasteiger partial charge is 0.344 e. The molecule has 5 atom stereocenters. The van der Waals surface area contributed by atoms with Crippen LogP contribution in [-0.2, 0) is 23.7 Å². The average Bonchev–Trinajstić information content (AvgIpc) is 0.795. The number of aromatic hydroxyl groups is 18. The number of hydrogen-bond acceptors (Lipinski definition) is 34. The fourth-order valence-electron chi connectivity index (χ4n) is 10.6. The van der Waals surface area contributed by atoms with Gasteiger partial charge in [-0.15, -0.1) is 0 Å². The zero-order chi connectivity index (χ0) is 64.3. The summed E-state index contributed by atoms with van der Waals surface area (Å²) in [5.41, 5.74) is -17.1. The van der Waals surface area contributed by atoms with Gasteiger partial charge in [0.25, 0.3) is 0 Å². The molecule has 7 aromatic carbocycles. The third-order valence-electron chi connectivity index (χ3n) is 14.7. The van der Waals surface area contributed by atoms with E-state index in [4.69, 9.17) is 37.3 Å². The molecule has 6 heterocycles. The van der Waals surface area contributed by atoms with Crippen LogP contribution in [0.5, 0.6) is 115 Å². The minimum Gasteiger partial charge on any atom is -0.504 e. The summed E-state index contributed by atoms with van der Waals surface area (Å²) in [6.07, 6.45) is -14.6. The monoisotopic (exact) mass is 1240 g/mol. The Labute approximate surface area is 484 Å². The van der Waals surface area contributed by atoms with Crippen LogP contribution < -0.4 is 16.0 Å². The van der Waals surface area contributed by atoms with Crippen LogP contribution in [0.1, 0.15) is 63.5 Å². The van der Waals surface area contributed by atoms with Crippen molar-refractivity contribution in [2.45, 2.75) is 30.5 Å². The molecule has 9 aromatic rings. The van der Waals surface area contributed by atoms with Gasteiger partial charge in [-0.1, -0.05) is 0 Å². The molecule has 0 saturated heterocycles. The van der Waals surface area contributed by atoms with Gasteiger partial charge in [0.2, 0.25) is 46.0 Å². The van der Waals surface area contributed by atoms with E-state index in [-0.39, 0.29) is 12.1 Å². The number of phenols is 18. The topological polar surface area (TPSA) is 586 Å². The fourth-order valence-corrected chi connectivity index (χ4v) is 10.6. The molecule has 0 aliphatic carbocycles. The van der Waals surface area contributed by atoms with E-state index in [1.54, 1.807) is 0 Å². The summed E-state index contributed by atoms with van der Waals surface area (Å²) in [6.45, 7) is -1.74. The lowest BCUT2D eigenvalue weighted by atomic mass is 9.82. The largest absolute Gasteiger partial charge is 0.504 e. The first-order chi connectivity index (χ1) is 41.9. The molecule has 4 aliphatic heterocycles. The molecular weight excluding hydrogens is 1200 g/mol. The van der Waals surface area contributed by atoms with Crippen molar-refractivity contribution in [1.82, 2.24) is 0 Å². The number of aliphatic hydroxyl groups is 1. The highest BCUT2D eigenvalue weighted by Crippen LogP contribution is 2.59. The number of hydrogen-bond donors (Lipinski definition) is 19. The lowest BCUT2D eigenvalue weighted by molar-refractivity contribution is -0.154. The van der Waals surface area contributed by atoms with Crippen molar-refractivity contribution in [3.8, 4) is 137 Å². The first-order valence-electron chi connectivity index (χ1n) is 24.7. The molecule has 456 valence electrons. The van der Waals surface area contributed by atoms with Crippen LogP contribution >= 0.6 is 0 Å². The molecule has 19 N–H and O–H groups in total. The zero-order valence-corrected chi connectivity index (χ0v) is 43.2. The van der Waals surface area contributed by atoms with Gasteiger partial charge < -0.3 is 134 Å². The molecule has 34 heteroatoms. The third kappa shape index (κ3) is 7.96. The fraction of sp³-hybridized carbons (Fsp3) is 0.109. The average molecular weight is 1240 g/mol. The molecule has 0 radical (unpaired) electrons. The van der Waals surface area contributed by atoms with E-state index in [0.717, 1.165) is 6.07 Å². The van der Waals surface area contributed by atoms with E-state index < -0.39 is 282 Å². The Morgan fingerprint density at radius 1 is 0.416 bits per heavy atom. The number of fused-ring (bicyclic) bond motifs is 6. The highest BCUT2D eigenvalue weighted by atomic mass is 16.6. The quantitative estimate of drug-likeness (QED) is 0.0387. The standard InChI is InChI=1S/C55H32O34/c56-14-1-8-21(35(67)29(14)61)22-9(2-15(57)30(62)36(22)68)50(76)85-44(48-47-40(72)28-27(55(81)88-47)26(38(70)41(73)39(28)71)23-10(51(77)89-48)3-16(58)31(63)37(23)69)20(7-82-49(8)75)84-54(80)13-5-17(59)32(64)42(74)43(13)83-19-6-12-25-24-11(52(78)87-46(25)34(19)66)4-18(60)33(65)45(24)86-53(12)79/h1-6,20,40,44,47-48,56-74H,7H2/t20-,40-,44+,47+,48-/m0/s1.